The molecule has 0 spiro atoms. The van der Waals surface area contributed by atoms with Gasteiger partial charge in [0.1, 0.15) is 0 Å². The van der Waals surface area contributed by atoms with Crippen molar-refractivity contribution in [2.24, 2.45) is 11.6 Å². The quantitative estimate of drug-likeness (QED) is 0.672. The molecule has 0 amide bonds. The van der Waals surface area contributed by atoms with Crippen LogP contribution in [-0.4, -0.2) is 17.6 Å². The number of hydrogen-bond donors (Lipinski definition) is 2. The Kier molecular flexibility index (Phi) is 4.49. The predicted molar refractivity (Wildman–Crippen MR) is 102 cm³/mol. The van der Waals surface area contributed by atoms with E-state index in [2.05, 4.69) is 55.1 Å². The van der Waals surface area contributed by atoms with Crippen molar-refractivity contribution in [3.63, 3.8) is 0 Å². The Hall–Kier alpha value is -2.46. The number of hydrogen-bond acceptors (Lipinski definition) is 4. The van der Waals surface area contributed by atoms with Gasteiger partial charge < -0.3 is 15.6 Å². The molecular weight excluding hydrogens is 296 g/mol. The van der Waals surface area contributed by atoms with Gasteiger partial charge in [0.15, 0.2) is 0 Å². The summed E-state index contributed by atoms with van der Waals surface area (Å²) in [7, 11) is 0. The van der Waals surface area contributed by atoms with Crippen LogP contribution in [0.1, 0.15) is 37.5 Å². The van der Waals surface area contributed by atoms with E-state index in [9.17, 15) is 0 Å². The second-order valence-electron chi connectivity index (χ2n) is 6.44. The van der Waals surface area contributed by atoms with Crippen LogP contribution >= 0.6 is 0 Å². The van der Waals surface area contributed by atoms with Crippen LogP contribution in [0.25, 0.3) is 11.4 Å². The minimum Gasteiger partial charge on any atom is -0.396 e. The van der Waals surface area contributed by atoms with Gasteiger partial charge in [0.05, 0.1) is 11.4 Å². The maximum atomic E-state index is 6.61. The zero-order valence-electron chi connectivity index (χ0n) is 14.7. The van der Waals surface area contributed by atoms with Crippen molar-refractivity contribution in [1.29, 1.82) is 0 Å². The molecule has 4 nitrogen and oxygen atoms in total. The third-order valence-corrected chi connectivity index (χ3v) is 4.62. The Morgan fingerprint density at radius 1 is 1.04 bits per heavy atom. The van der Waals surface area contributed by atoms with Gasteiger partial charge in [0.25, 0.3) is 0 Å². The Morgan fingerprint density at radius 2 is 1.67 bits per heavy atom. The van der Waals surface area contributed by atoms with E-state index >= 15 is 0 Å². The van der Waals surface area contributed by atoms with E-state index in [1.165, 1.54) is 11.3 Å². The molecule has 126 valence electrons. The highest BCUT2D eigenvalue weighted by atomic mass is 15.4. The molecule has 1 aliphatic rings. The molecule has 0 saturated carbocycles. The number of nitrogens with two attached hydrogens (primary N) is 2. The number of nitrogens with zero attached hydrogens (tertiary/aromatic N) is 2. The third kappa shape index (κ3) is 2.74. The molecule has 1 heterocycles. The molecule has 0 unspecified atom stereocenters. The second kappa shape index (κ2) is 6.57. The monoisotopic (exact) mass is 322 g/mol. The fourth-order valence-electron chi connectivity index (χ4n) is 3.31. The molecule has 1 aliphatic heterocycles. The van der Waals surface area contributed by atoms with Crippen LogP contribution in [0.15, 0.2) is 48.5 Å². The van der Waals surface area contributed by atoms with E-state index in [0.717, 1.165) is 29.1 Å². The molecule has 3 rings (SSSR count). The van der Waals surface area contributed by atoms with E-state index in [-0.39, 0.29) is 0 Å². The highest BCUT2D eigenvalue weighted by Gasteiger charge is 2.25. The summed E-state index contributed by atoms with van der Waals surface area (Å²) in [6.45, 7) is 7.99. The summed E-state index contributed by atoms with van der Waals surface area (Å²) in [5.41, 5.74) is 12.8. The molecule has 0 aliphatic carbocycles. The Balaban J connectivity index is 2.35. The van der Waals surface area contributed by atoms with Crippen LogP contribution in [-0.2, 0) is 6.54 Å². The summed E-state index contributed by atoms with van der Waals surface area (Å²) in [6.07, 6.45) is 0. The normalized spacial score (nSPS) is 17.1. The van der Waals surface area contributed by atoms with Crippen LogP contribution in [0.4, 0.5) is 5.69 Å². The fraction of sp³-hybridized carbons (Fsp3) is 0.300. The van der Waals surface area contributed by atoms with Crippen molar-refractivity contribution < 1.29 is 0 Å². The molecule has 0 aromatic heterocycles. The lowest BCUT2D eigenvalue weighted by molar-refractivity contribution is 0.441. The van der Waals surface area contributed by atoms with E-state index in [0.29, 0.717) is 12.6 Å². The molecule has 0 bridgehead atoms. The minimum atomic E-state index is 0.368. The van der Waals surface area contributed by atoms with Gasteiger partial charge in [-0.25, -0.2) is 5.84 Å². The first-order valence-corrected chi connectivity index (χ1v) is 8.50. The maximum Gasteiger partial charge on any atom is 0.0846 e. The lowest BCUT2D eigenvalue weighted by Crippen LogP contribution is -2.36. The van der Waals surface area contributed by atoms with E-state index in [4.69, 9.17) is 11.6 Å². The molecule has 0 atom stereocenters. The first-order chi connectivity index (χ1) is 11.5. The van der Waals surface area contributed by atoms with E-state index < -0.39 is 0 Å². The van der Waals surface area contributed by atoms with Gasteiger partial charge >= 0.3 is 0 Å². The van der Waals surface area contributed by atoms with Crippen molar-refractivity contribution >= 4 is 17.1 Å². The second-order valence-corrected chi connectivity index (χ2v) is 6.44. The number of anilines is 1. The van der Waals surface area contributed by atoms with Crippen LogP contribution in [0.2, 0.25) is 0 Å². The summed E-state index contributed by atoms with van der Waals surface area (Å²) in [6, 6.07) is 17.1. The molecule has 4 heteroatoms. The maximum absolute atomic E-state index is 6.61. The molecule has 0 fully saturated rings. The van der Waals surface area contributed by atoms with Gasteiger partial charge in [-0.1, -0.05) is 42.5 Å². The Labute approximate surface area is 144 Å². The van der Waals surface area contributed by atoms with Crippen LogP contribution in [0.3, 0.4) is 0 Å². The zero-order chi connectivity index (χ0) is 17.3. The van der Waals surface area contributed by atoms with Crippen molar-refractivity contribution in [1.82, 2.24) is 5.01 Å². The standard InChI is InChI=1S/C20H26N4/c1-4-24(22)20-17-11-7-8-12-18(17)23(14(2)3)13-15-9-5-6-10-16(15)19(20)21/h5-12,14H,4,13,21-22H2,1-3H3/b20-19-. The van der Waals surface area contributed by atoms with Gasteiger partial charge in [0, 0.05) is 35.9 Å². The number of fused-ring (bicyclic) bond motifs is 2. The van der Waals surface area contributed by atoms with Crippen molar-refractivity contribution in [3.8, 4) is 0 Å². The first-order valence-electron chi connectivity index (χ1n) is 8.50. The number of para-hydroxylation sites is 1. The fourth-order valence-corrected chi connectivity index (χ4v) is 3.31. The van der Waals surface area contributed by atoms with Crippen LogP contribution in [0.5, 0.6) is 0 Å². The Bertz CT molecular complexity index is 764. The van der Waals surface area contributed by atoms with Gasteiger partial charge in [-0.3, -0.25) is 0 Å². The first kappa shape index (κ1) is 16.4. The topological polar surface area (TPSA) is 58.5 Å². The smallest absolute Gasteiger partial charge is 0.0846 e. The summed E-state index contributed by atoms with van der Waals surface area (Å²) in [5.74, 6) is 6.33. The number of hydrazine groups is 1. The molecule has 2 aromatic rings. The summed E-state index contributed by atoms with van der Waals surface area (Å²) < 4.78 is 0. The van der Waals surface area contributed by atoms with Gasteiger partial charge in [-0.05, 0) is 32.4 Å². The van der Waals surface area contributed by atoms with Crippen molar-refractivity contribution in [2.75, 3.05) is 11.4 Å². The summed E-state index contributed by atoms with van der Waals surface area (Å²) >= 11 is 0. The van der Waals surface area contributed by atoms with Gasteiger partial charge in [-0.2, -0.15) is 0 Å². The van der Waals surface area contributed by atoms with Crippen molar-refractivity contribution in [2.45, 2.75) is 33.4 Å². The largest absolute Gasteiger partial charge is 0.396 e. The molecule has 0 radical (unpaired) electrons. The Morgan fingerprint density at radius 3 is 2.33 bits per heavy atom. The van der Waals surface area contributed by atoms with Crippen LogP contribution < -0.4 is 16.5 Å². The van der Waals surface area contributed by atoms with Crippen molar-refractivity contribution in [3.05, 3.63) is 65.2 Å². The molecule has 2 aromatic carbocycles. The zero-order valence-corrected chi connectivity index (χ0v) is 14.7. The minimum absolute atomic E-state index is 0.368. The molecule has 24 heavy (non-hydrogen) atoms. The third-order valence-electron chi connectivity index (χ3n) is 4.62. The van der Waals surface area contributed by atoms with Gasteiger partial charge in [0.2, 0.25) is 0 Å². The highest BCUT2D eigenvalue weighted by molar-refractivity contribution is 5.93. The average Bonchev–Trinajstić information content (AvgIpc) is 2.59. The summed E-state index contributed by atoms with van der Waals surface area (Å²) in [4.78, 5) is 2.41. The van der Waals surface area contributed by atoms with E-state index in [1.807, 2.05) is 19.1 Å². The van der Waals surface area contributed by atoms with E-state index in [1.54, 1.807) is 5.01 Å². The highest BCUT2D eigenvalue weighted by Crippen LogP contribution is 2.37. The molecular formula is C20H26N4. The summed E-state index contributed by atoms with van der Waals surface area (Å²) in [5, 5.41) is 1.74. The van der Waals surface area contributed by atoms with Crippen LogP contribution in [0, 0.1) is 0 Å². The molecule has 0 saturated heterocycles. The predicted octanol–water partition coefficient (Wildman–Crippen LogP) is 3.40. The average molecular weight is 322 g/mol. The molecule has 4 N–H and O–H groups in total. The number of benzene rings is 2. The van der Waals surface area contributed by atoms with Gasteiger partial charge in [-0.15, -0.1) is 0 Å². The lowest BCUT2D eigenvalue weighted by Gasteiger charge is -2.36. The SMILES string of the molecule is CCN(N)/C1=C(\N)c2ccccc2CN(C(C)C)c2ccccc21. The lowest BCUT2D eigenvalue weighted by atomic mass is 9.95. The number of rotatable bonds is 3.